The molecule has 0 aromatic carbocycles. The van der Waals surface area contributed by atoms with Crippen molar-refractivity contribution in [3.8, 4) is 0 Å². The molecular formula is C15H26N2O7S2. The van der Waals surface area contributed by atoms with Crippen LogP contribution >= 0.6 is 0 Å². The lowest BCUT2D eigenvalue weighted by Gasteiger charge is -2.32. The second-order valence-corrected chi connectivity index (χ2v) is 11.2. The minimum absolute atomic E-state index is 0.00386. The summed E-state index contributed by atoms with van der Waals surface area (Å²) in [5.74, 6) is -1.90. The highest BCUT2D eigenvalue weighted by atomic mass is 32.2. The number of carbonyl (C=O) groups is 2. The zero-order valence-electron chi connectivity index (χ0n) is 15.1. The fourth-order valence-corrected chi connectivity index (χ4v) is 6.96. The molecule has 0 aromatic rings. The van der Waals surface area contributed by atoms with Gasteiger partial charge >= 0.3 is 11.8 Å². The van der Waals surface area contributed by atoms with Crippen molar-refractivity contribution in [1.29, 1.82) is 0 Å². The van der Waals surface area contributed by atoms with Gasteiger partial charge in [-0.1, -0.05) is 0 Å². The molecule has 0 bridgehead atoms. The average Bonchev–Trinajstić information content (AvgIpc) is 3.10. The molecule has 2 aliphatic rings. The first-order chi connectivity index (χ1) is 12.1. The highest BCUT2D eigenvalue weighted by Gasteiger charge is 2.41. The van der Waals surface area contributed by atoms with E-state index in [0.717, 1.165) is 0 Å². The molecule has 0 N–H and O–H groups in total. The SMILES string of the molecule is CCN(C(=O)C(=O)N(CCOC)C1CCS(=O)(=O)C1)C1CCS(=O)(=O)C1. The number of amides is 2. The van der Waals surface area contributed by atoms with Crippen molar-refractivity contribution in [3.05, 3.63) is 0 Å². The van der Waals surface area contributed by atoms with Gasteiger partial charge in [0.1, 0.15) is 0 Å². The first-order valence-electron chi connectivity index (χ1n) is 8.61. The summed E-state index contributed by atoms with van der Waals surface area (Å²) in [5, 5.41) is 0. The van der Waals surface area contributed by atoms with E-state index in [1.54, 1.807) is 6.92 Å². The van der Waals surface area contributed by atoms with Crippen LogP contribution in [0, 0.1) is 0 Å². The predicted octanol–water partition coefficient (Wildman–Crippen LogP) is -1.32. The monoisotopic (exact) mass is 410 g/mol. The molecule has 2 fully saturated rings. The number of methoxy groups -OCH3 is 1. The smallest absolute Gasteiger partial charge is 0.312 e. The number of carbonyl (C=O) groups excluding carboxylic acids is 2. The minimum Gasteiger partial charge on any atom is -0.383 e. The predicted molar refractivity (Wildman–Crippen MR) is 95.1 cm³/mol. The molecule has 150 valence electrons. The molecule has 11 heteroatoms. The van der Waals surface area contributed by atoms with Crippen LogP contribution < -0.4 is 0 Å². The number of likely N-dealkylation sites (N-methyl/N-ethyl adjacent to an activating group) is 1. The molecule has 2 saturated heterocycles. The second-order valence-electron chi connectivity index (χ2n) is 6.70. The Morgan fingerprint density at radius 3 is 1.77 bits per heavy atom. The maximum atomic E-state index is 12.8. The van der Waals surface area contributed by atoms with Gasteiger partial charge in [0, 0.05) is 32.3 Å². The molecule has 0 aromatic heterocycles. The van der Waals surface area contributed by atoms with Gasteiger partial charge in [-0.05, 0) is 19.8 Å². The average molecular weight is 411 g/mol. The van der Waals surface area contributed by atoms with Gasteiger partial charge in [0.15, 0.2) is 19.7 Å². The Balaban J connectivity index is 2.16. The van der Waals surface area contributed by atoms with Crippen LogP contribution in [0.3, 0.4) is 0 Å². The minimum atomic E-state index is -3.22. The van der Waals surface area contributed by atoms with Gasteiger partial charge in [0.05, 0.1) is 29.6 Å². The Bertz CT molecular complexity index is 748. The molecule has 9 nitrogen and oxygen atoms in total. The fraction of sp³-hybridized carbons (Fsp3) is 0.867. The Hall–Kier alpha value is -1.20. The lowest BCUT2D eigenvalue weighted by atomic mass is 10.2. The summed E-state index contributed by atoms with van der Waals surface area (Å²) < 4.78 is 51.9. The van der Waals surface area contributed by atoms with Gasteiger partial charge in [-0.3, -0.25) is 9.59 Å². The first kappa shape index (κ1) is 21.1. The van der Waals surface area contributed by atoms with E-state index >= 15 is 0 Å². The van der Waals surface area contributed by atoms with Crippen LogP contribution in [0.5, 0.6) is 0 Å². The van der Waals surface area contributed by atoms with Crippen LogP contribution in [0.1, 0.15) is 19.8 Å². The number of ether oxygens (including phenoxy) is 1. The summed E-state index contributed by atoms with van der Waals surface area (Å²) >= 11 is 0. The third kappa shape index (κ3) is 4.95. The third-order valence-corrected chi connectivity index (χ3v) is 8.38. The maximum absolute atomic E-state index is 12.8. The Kier molecular flexibility index (Phi) is 6.67. The van der Waals surface area contributed by atoms with E-state index < -0.39 is 43.6 Å². The molecule has 2 atom stereocenters. The first-order valence-corrected chi connectivity index (χ1v) is 12.3. The van der Waals surface area contributed by atoms with Crippen molar-refractivity contribution >= 4 is 31.5 Å². The van der Waals surface area contributed by atoms with Crippen molar-refractivity contribution in [2.24, 2.45) is 0 Å². The zero-order chi connectivity index (χ0) is 19.5. The quantitative estimate of drug-likeness (QED) is 0.499. The summed E-state index contributed by atoms with van der Waals surface area (Å²) in [6.07, 6.45) is 0.597. The number of hydrogen-bond donors (Lipinski definition) is 0. The van der Waals surface area contributed by atoms with Gasteiger partial charge in [-0.15, -0.1) is 0 Å². The molecular weight excluding hydrogens is 384 g/mol. The normalized spacial score (nSPS) is 26.5. The Morgan fingerprint density at radius 1 is 0.923 bits per heavy atom. The Morgan fingerprint density at radius 2 is 1.38 bits per heavy atom. The largest absolute Gasteiger partial charge is 0.383 e. The number of hydrogen-bond acceptors (Lipinski definition) is 7. The molecule has 2 rings (SSSR count). The van der Waals surface area contributed by atoms with Crippen molar-refractivity contribution in [3.63, 3.8) is 0 Å². The summed E-state index contributed by atoms with van der Waals surface area (Å²) in [7, 11) is -4.96. The summed E-state index contributed by atoms with van der Waals surface area (Å²) in [6, 6.07) is -1.07. The van der Waals surface area contributed by atoms with E-state index in [0.29, 0.717) is 6.42 Å². The van der Waals surface area contributed by atoms with Crippen molar-refractivity contribution < 1.29 is 31.2 Å². The summed E-state index contributed by atoms with van der Waals surface area (Å²) in [6.45, 7) is 2.20. The van der Waals surface area contributed by atoms with Crippen LogP contribution in [-0.4, -0.2) is 100 Å². The maximum Gasteiger partial charge on any atom is 0.312 e. The van der Waals surface area contributed by atoms with Gasteiger partial charge in [-0.2, -0.15) is 0 Å². The topological polar surface area (TPSA) is 118 Å². The van der Waals surface area contributed by atoms with E-state index in [4.69, 9.17) is 4.74 Å². The second kappa shape index (κ2) is 8.22. The fourth-order valence-electron chi connectivity index (χ4n) is 3.50. The molecule has 2 aliphatic heterocycles. The van der Waals surface area contributed by atoms with Crippen LogP contribution in [0.2, 0.25) is 0 Å². The molecule has 0 radical (unpaired) electrons. The molecule has 26 heavy (non-hydrogen) atoms. The van der Waals surface area contributed by atoms with Gasteiger partial charge in [0.2, 0.25) is 0 Å². The van der Waals surface area contributed by atoms with E-state index in [1.165, 1.54) is 16.9 Å². The summed E-state index contributed by atoms with van der Waals surface area (Å²) in [4.78, 5) is 28.1. The van der Waals surface area contributed by atoms with Gasteiger partial charge < -0.3 is 14.5 Å². The number of rotatable bonds is 6. The lowest BCUT2D eigenvalue weighted by molar-refractivity contribution is -0.154. The Labute approximate surface area is 154 Å². The molecule has 2 unspecified atom stereocenters. The van der Waals surface area contributed by atoms with Gasteiger partial charge in [0.25, 0.3) is 0 Å². The highest BCUT2D eigenvalue weighted by Crippen LogP contribution is 2.21. The van der Waals surface area contributed by atoms with Crippen LogP contribution in [0.25, 0.3) is 0 Å². The van der Waals surface area contributed by atoms with E-state index in [2.05, 4.69) is 0 Å². The van der Waals surface area contributed by atoms with Crippen molar-refractivity contribution in [2.75, 3.05) is 49.8 Å². The molecule has 2 heterocycles. The standard InChI is InChI=1S/C15H26N2O7S2/c1-3-16(12-4-8-25(20,21)10-12)14(18)15(19)17(6-7-24-2)13-5-9-26(22,23)11-13/h12-13H,3-11H2,1-2H3. The highest BCUT2D eigenvalue weighted by molar-refractivity contribution is 7.91. The number of nitrogens with zero attached hydrogens (tertiary/aromatic N) is 2. The van der Waals surface area contributed by atoms with E-state index in [9.17, 15) is 26.4 Å². The van der Waals surface area contributed by atoms with Crippen LogP contribution in [-0.2, 0) is 34.0 Å². The number of sulfone groups is 2. The van der Waals surface area contributed by atoms with E-state index in [-0.39, 0.29) is 49.1 Å². The zero-order valence-corrected chi connectivity index (χ0v) is 16.7. The summed E-state index contributed by atoms with van der Waals surface area (Å²) in [5.41, 5.74) is 0. The molecule has 0 aliphatic carbocycles. The van der Waals surface area contributed by atoms with E-state index in [1.807, 2.05) is 0 Å². The van der Waals surface area contributed by atoms with Gasteiger partial charge in [-0.25, -0.2) is 16.8 Å². The van der Waals surface area contributed by atoms with Crippen molar-refractivity contribution in [2.45, 2.75) is 31.8 Å². The third-order valence-electron chi connectivity index (χ3n) is 4.88. The van der Waals surface area contributed by atoms with Crippen LogP contribution in [0.15, 0.2) is 0 Å². The molecule has 2 amide bonds. The van der Waals surface area contributed by atoms with Crippen molar-refractivity contribution in [1.82, 2.24) is 9.80 Å². The van der Waals surface area contributed by atoms with Crippen LogP contribution in [0.4, 0.5) is 0 Å². The lowest BCUT2D eigenvalue weighted by Crippen LogP contribution is -2.53. The molecule has 0 spiro atoms. The molecule has 0 saturated carbocycles.